The van der Waals surface area contributed by atoms with Gasteiger partial charge in [0.15, 0.2) is 0 Å². The monoisotopic (exact) mass is 331 g/mol. The largest absolute Gasteiger partial charge is 1.00 e. The predicted molar refractivity (Wildman–Crippen MR) is 83.8 cm³/mol. The fraction of sp³-hybridized carbons (Fsp3) is 0.118. The molecule has 0 N–H and O–H groups in total. The van der Waals surface area contributed by atoms with E-state index in [-0.39, 0.29) is 41.0 Å². The van der Waals surface area contributed by atoms with Gasteiger partial charge in [-0.15, -0.1) is 10.2 Å². The van der Waals surface area contributed by atoms with Gasteiger partial charge in [-0.3, -0.25) is 0 Å². The third-order valence-corrected chi connectivity index (χ3v) is 3.40. The first-order valence-electron chi connectivity index (χ1n) is 6.97. The van der Waals surface area contributed by atoms with Crippen molar-refractivity contribution in [1.29, 1.82) is 0 Å². The van der Waals surface area contributed by atoms with Crippen molar-refractivity contribution in [2.24, 2.45) is 0 Å². The summed E-state index contributed by atoms with van der Waals surface area (Å²) < 4.78 is 5.64. The molecule has 0 saturated heterocycles. The van der Waals surface area contributed by atoms with E-state index in [1.54, 1.807) is 12.1 Å². The van der Waals surface area contributed by atoms with Crippen LogP contribution in [0, 0.1) is 0 Å². The maximum atomic E-state index is 10.9. The van der Waals surface area contributed by atoms with Gasteiger partial charge in [-0.2, -0.15) is 0 Å². The van der Waals surface area contributed by atoms with Crippen LogP contribution in [0.1, 0.15) is 10.4 Å². The van der Waals surface area contributed by atoms with E-state index in [0.29, 0.717) is 11.5 Å². The number of carboxylic acid groups (broad SMARTS) is 1. The van der Waals surface area contributed by atoms with E-state index in [4.69, 9.17) is 4.42 Å². The molecule has 116 valence electrons. The molecule has 0 amide bonds. The number of carbonyl (C=O) groups excluding carboxylic acids is 1. The van der Waals surface area contributed by atoms with Crippen LogP contribution in [0.4, 0.5) is 5.69 Å². The molecule has 2 aromatic carbocycles. The van der Waals surface area contributed by atoms with Crippen molar-refractivity contribution in [1.82, 2.24) is 10.2 Å². The molecule has 1 aromatic heterocycles. The smallest absolute Gasteiger partial charge is 0.545 e. The van der Waals surface area contributed by atoms with Crippen molar-refractivity contribution in [2.75, 3.05) is 19.0 Å². The summed E-state index contributed by atoms with van der Waals surface area (Å²) in [6.45, 7) is 0. The van der Waals surface area contributed by atoms with E-state index >= 15 is 0 Å². The number of hydrogen-bond acceptors (Lipinski definition) is 6. The Morgan fingerprint density at radius 1 is 1.00 bits per heavy atom. The van der Waals surface area contributed by atoms with Crippen LogP contribution >= 0.6 is 0 Å². The van der Waals surface area contributed by atoms with Crippen molar-refractivity contribution in [2.45, 2.75) is 0 Å². The Kier molecular flexibility index (Phi) is 5.77. The topological polar surface area (TPSA) is 82.3 Å². The second kappa shape index (κ2) is 7.61. The van der Waals surface area contributed by atoms with Crippen LogP contribution in [0.5, 0.6) is 0 Å². The number of carbonyl (C=O) groups is 1. The second-order valence-electron chi connectivity index (χ2n) is 5.22. The normalized spacial score (nSPS) is 10.1. The molecule has 0 fully saturated rings. The zero-order chi connectivity index (χ0) is 16.4. The number of aromatic nitrogens is 2. The van der Waals surface area contributed by atoms with Crippen LogP contribution in [0.3, 0.4) is 0 Å². The van der Waals surface area contributed by atoms with Crippen molar-refractivity contribution in [3.05, 3.63) is 54.1 Å². The van der Waals surface area contributed by atoms with Crippen LogP contribution in [0.2, 0.25) is 0 Å². The molecule has 0 saturated carbocycles. The maximum absolute atomic E-state index is 10.9. The summed E-state index contributed by atoms with van der Waals surface area (Å²) >= 11 is 0. The molecule has 6 nitrogen and oxygen atoms in total. The van der Waals surface area contributed by atoms with Gasteiger partial charge in [-0.05, 0) is 42.0 Å². The number of nitrogens with zero attached hydrogens (tertiary/aromatic N) is 3. The molecule has 1 heterocycles. The Morgan fingerprint density at radius 3 is 2.21 bits per heavy atom. The summed E-state index contributed by atoms with van der Waals surface area (Å²) in [5.41, 5.74) is 2.47. The van der Waals surface area contributed by atoms with E-state index in [1.165, 1.54) is 12.1 Å². The van der Waals surface area contributed by atoms with Gasteiger partial charge in [0.1, 0.15) is 0 Å². The first-order valence-corrected chi connectivity index (χ1v) is 6.97. The Hall–Kier alpha value is -2.15. The standard InChI is InChI=1S/C17H15N3O3.Na/c1-20(2)14-8-6-11(7-9-14)15-18-19-16(23-15)12-4-3-5-13(10-12)17(21)22;/h3-10H,1-2H3,(H,21,22);/q;+1/p-1. The first kappa shape index (κ1) is 18.2. The van der Waals surface area contributed by atoms with Gasteiger partial charge in [0.25, 0.3) is 0 Å². The minimum absolute atomic E-state index is 0. The van der Waals surface area contributed by atoms with Gasteiger partial charge in [-0.25, -0.2) is 0 Å². The third kappa shape index (κ3) is 3.84. The average molecular weight is 331 g/mol. The fourth-order valence-electron chi connectivity index (χ4n) is 2.14. The predicted octanol–water partition coefficient (Wildman–Crippen LogP) is -1.16. The number of benzene rings is 2. The number of rotatable bonds is 4. The van der Waals surface area contributed by atoms with Crippen molar-refractivity contribution >= 4 is 11.7 Å². The number of anilines is 1. The molecule has 0 aliphatic heterocycles. The number of aromatic carboxylic acids is 1. The summed E-state index contributed by atoms with van der Waals surface area (Å²) in [7, 11) is 3.92. The molecular weight excluding hydrogens is 317 g/mol. The molecule has 0 unspecified atom stereocenters. The molecule has 0 spiro atoms. The van der Waals surface area contributed by atoms with E-state index in [9.17, 15) is 9.90 Å². The summed E-state index contributed by atoms with van der Waals surface area (Å²) in [4.78, 5) is 12.9. The third-order valence-electron chi connectivity index (χ3n) is 3.40. The molecule has 3 rings (SSSR count). The van der Waals surface area contributed by atoms with Gasteiger partial charge < -0.3 is 19.2 Å². The average Bonchev–Trinajstić information content (AvgIpc) is 3.05. The Bertz CT molecular complexity index is 844. The molecule has 0 radical (unpaired) electrons. The van der Waals surface area contributed by atoms with Crippen LogP contribution in [-0.2, 0) is 0 Å². The molecule has 0 aliphatic rings. The minimum Gasteiger partial charge on any atom is -0.545 e. The van der Waals surface area contributed by atoms with Crippen LogP contribution in [0.25, 0.3) is 22.9 Å². The quantitative estimate of drug-likeness (QED) is 0.561. The van der Waals surface area contributed by atoms with E-state index in [0.717, 1.165) is 11.3 Å². The van der Waals surface area contributed by atoms with E-state index < -0.39 is 5.97 Å². The summed E-state index contributed by atoms with van der Waals surface area (Å²) in [6, 6.07) is 13.9. The second-order valence-corrected chi connectivity index (χ2v) is 5.22. The number of hydrogen-bond donors (Lipinski definition) is 0. The van der Waals surface area contributed by atoms with Gasteiger partial charge >= 0.3 is 29.6 Å². The van der Waals surface area contributed by atoms with Gasteiger partial charge in [0.05, 0.1) is 5.97 Å². The molecule has 0 aliphatic carbocycles. The van der Waals surface area contributed by atoms with Crippen LogP contribution in [-0.4, -0.2) is 30.3 Å². The Balaban J connectivity index is 0.00000208. The SMILES string of the molecule is CN(C)c1ccc(-c2nnc(-c3cccc(C(=O)[O-])c3)o2)cc1.[Na+]. The van der Waals surface area contributed by atoms with Gasteiger partial charge in [0.2, 0.25) is 11.8 Å². The van der Waals surface area contributed by atoms with Gasteiger partial charge in [-0.1, -0.05) is 12.1 Å². The van der Waals surface area contributed by atoms with Crippen LogP contribution in [0.15, 0.2) is 52.9 Å². The summed E-state index contributed by atoms with van der Waals surface area (Å²) in [5.74, 6) is -0.602. The molecule has 7 heteroatoms. The van der Waals surface area contributed by atoms with E-state index in [2.05, 4.69) is 10.2 Å². The van der Waals surface area contributed by atoms with Crippen molar-refractivity contribution in [3.8, 4) is 22.9 Å². The maximum Gasteiger partial charge on any atom is 1.00 e. The molecule has 3 aromatic rings. The van der Waals surface area contributed by atoms with Crippen molar-refractivity contribution in [3.63, 3.8) is 0 Å². The zero-order valence-corrected chi connectivity index (χ0v) is 15.7. The van der Waals surface area contributed by atoms with Crippen LogP contribution < -0.4 is 39.6 Å². The van der Waals surface area contributed by atoms with Gasteiger partial charge in [0, 0.05) is 30.9 Å². The first-order chi connectivity index (χ1) is 11.0. The molecular formula is C17H14N3NaO3. The molecule has 24 heavy (non-hydrogen) atoms. The fourth-order valence-corrected chi connectivity index (χ4v) is 2.14. The number of carboxylic acids is 1. The minimum atomic E-state index is -1.24. The Morgan fingerprint density at radius 2 is 1.62 bits per heavy atom. The summed E-state index contributed by atoms with van der Waals surface area (Å²) in [6.07, 6.45) is 0. The molecule has 0 atom stereocenters. The van der Waals surface area contributed by atoms with E-state index in [1.807, 2.05) is 43.3 Å². The summed E-state index contributed by atoms with van der Waals surface area (Å²) in [5, 5.41) is 18.9. The van der Waals surface area contributed by atoms with Crippen molar-refractivity contribution < 1.29 is 43.9 Å². The zero-order valence-electron chi connectivity index (χ0n) is 13.7. The Labute approximate surface area is 161 Å². The molecule has 0 bridgehead atoms.